The summed E-state index contributed by atoms with van der Waals surface area (Å²) in [6, 6.07) is 13.2. The Kier molecular flexibility index (Phi) is 3.22. The van der Waals surface area contributed by atoms with Crippen LogP contribution in [0, 0.1) is 19.7 Å². The predicted molar refractivity (Wildman–Crippen MR) is 73.0 cm³/mol. The molecule has 2 N–H and O–H groups in total. The van der Waals surface area contributed by atoms with Gasteiger partial charge in [-0.15, -0.1) is 0 Å². The summed E-state index contributed by atoms with van der Waals surface area (Å²) in [5.74, 6) is -0.211. The molecular formula is C16H18FN. The number of halogens is 1. The second kappa shape index (κ2) is 4.54. The first-order valence-electron chi connectivity index (χ1n) is 6.04. The molecule has 2 rings (SSSR count). The molecule has 0 saturated carbocycles. The lowest BCUT2D eigenvalue weighted by Crippen LogP contribution is -2.34. The zero-order valence-corrected chi connectivity index (χ0v) is 11.0. The van der Waals surface area contributed by atoms with Gasteiger partial charge in [0.25, 0.3) is 0 Å². The Labute approximate surface area is 107 Å². The molecule has 0 saturated heterocycles. The second-order valence-corrected chi connectivity index (χ2v) is 5.04. The quantitative estimate of drug-likeness (QED) is 0.855. The van der Waals surface area contributed by atoms with Gasteiger partial charge in [-0.05, 0) is 43.5 Å². The number of rotatable bonds is 2. The van der Waals surface area contributed by atoms with Crippen LogP contribution in [0.3, 0.4) is 0 Å². The molecule has 0 spiro atoms. The van der Waals surface area contributed by atoms with E-state index in [1.807, 2.05) is 44.2 Å². The van der Waals surface area contributed by atoms with E-state index in [1.54, 1.807) is 13.0 Å². The van der Waals surface area contributed by atoms with E-state index in [1.165, 1.54) is 6.07 Å². The van der Waals surface area contributed by atoms with Gasteiger partial charge >= 0.3 is 0 Å². The van der Waals surface area contributed by atoms with Crippen LogP contribution < -0.4 is 5.73 Å². The van der Waals surface area contributed by atoms with Gasteiger partial charge in [0.05, 0.1) is 5.54 Å². The molecule has 0 bridgehead atoms. The Bertz CT molecular complexity index is 573. The minimum Gasteiger partial charge on any atom is -0.318 e. The SMILES string of the molecule is Cc1cccc(C(C)(N)c2ccc(C)c(F)c2)c1. The van der Waals surface area contributed by atoms with E-state index in [2.05, 4.69) is 0 Å². The lowest BCUT2D eigenvalue weighted by Gasteiger charge is -2.26. The number of hydrogen-bond acceptors (Lipinski definition) is 1. The average Bonchev–Trinajstić information content (AvgIpc) is 2.32. The van der Waals surface area contributed by atoms with Gasteiger partial charge in [0.1, 0.15) is 5.82 Å². The summed E-state index contributed by atoms with van der Waals surface area (Å²) in [5, 5.41) is 0. The molecule has 0 fully saturated rings. The summed E-state index contributed by atoms with van der Waals surface area (Å²) in [6.07, 6.45) is 0. The molecule has 2 aromatic carbocycles. The van der Waals surface area contributed by atoms with Gasteiger partial charge in [-0.25, -0.2) is 4.39 Å². The molecule has 2 aromatic rings. The van der Waals surface area contributed by atoms with E-state index >= 15 is 0 Å². The number of benzene rings is 2. The van der Waals surface area contributed by atoms with Crippen molar-refractivity contribution in [3.8, 4) is 0 Å². The largest absolute Gasteiger partial charge is 0.318 e. The van der Waals surface area contributed by atoms with Crippen LogP contribution in [0.2, 0.25) is 0 Å². The van der Waals surface area contributed by atoms with Crippen molar-refractivity contribution in [1.29, 1.82) is 0 Å². The molecule has 18 heavy (non-hydrogen) atoms. The summed E-state index contributed by atoms with van der Waals surface area (Å²) in [4.78, 5) is 0. The van der Waals surface area contributed by atoms with Crippen LogP contribution in [0.15, 0.2) is 42.5 Å². The Morgan fingerprint density at radius 2 is 1.67 bits per heavy atom. The molecule has 0 aliphatic rings. The minimum atomic E-state index is -0.680. The normalized spacial score (nSPS) is 14.3. The molecule has 0 amide bonds. The highest BCUT2D eigenvalue weighted by Gasteiger charge is 2.24. The Hall–Kier alpha value is -1.67. The molecule has 0 aromatic heterocycles. The Balaban J connectivity index is 2.50. The van der Waals surface area contributed by atoms with Crippen molar-refractivity contribution in [2.45, 2.75) is 26.3 Å². The fraction of sp³-hybridized carbons (Fsp3) is 0.250. The van der Waals surface area contributed by atoms with Crippen LogP contribution in [-0.2, 0) is 5.54 Å². The van der Waals surface area contributed by atoms with Crippen LogP contribution in [-0.4, -0.2) is 0 Å². The van der Waals surface area contributed by atoms with E-state index < -0.39 is 5.54 Å². The molecule has 1 atom stereocenters. The molecule has 2 heteroatoms. The number of aryl methyl sites for hydroxylation is 2. The third kappa shape index (κ3) is 2.29. The molecular weight excluding hydrogens is 225 g/mol. The summed E-state index contributed by atoms with van der Waals surface area (Å²) in [7, 11) is 0. The minimum absolute atomic E-state index is 0.211. The third-order valence-electron chi connectivity index (χ3n) is 3.39. The highest BCUT2D eigenvalue weighted by Crippen LogP contribution is 2.28. The zero-order chi connectivity index (χ0) is 13.3. The molecule has 1 nitrogen and oxygen atoms in total. The predicted octanol–water partition coefficient (Wildman–Crippen LogP) is 3.66. The van der Waals surface area contributed by atoms with E-state index in [4.69, 9.17) is 5.73 Å². The summed E-state index contributed by atoms with van der Waals surface area (Å²) in [5.41, 5.74) is 9.27. The highest BCUT2D eigenvalue weighted by atomic mass is 19.1. The first-order valence-corrected chi connectivity index (χ1v) is 6.04. The molecule has 1 unspecified atom stereocenters. The lowest BCUT2D eigenvalue weighted by molar-refractivity contribution is 0.577. The van der Waals surface area contributed by atoms with Crippen LogP contribution in [0.5, 0.6) is 0 Å². The summed E-state index contributed by atoms with van der Waals surface area (Å²) in [6.45, 7) is 5.68. The van der Waals surface area contributed by atoms with Gasteiger partial charge in [0.2, 0.25) is 0 Å². The van der Waals surface area contributed by atoms with Crippen LogP contribution in [0.25, 0.3) is 0 Å². The fourth-order valence-corrected chi connectivity index (χ4v) is 2.05. The molecule has 0 aliphatic carbocycles. The summed E-state index contributed by atoms with van der Waals surface area (Å²) < 4.78 is 13.6. The van der Waals surface area contributed by atoms with Crippen molar-refractivity contribution in [3.05, 3.63) is 70.5 Å². The van der Waals surface area contributed by atoms with E-state index in [0.29, 0.717) is 5.56 Å². The number of hydrogen-bond donors (Lipinski definition) is 1. The van der Waals surface area contributed by atoms with Gasteiger partial charge in [0, 0.05) is 0 Å². The standard InChI is InChI=1S/C16H18FN/c1-11-5-4-6-13(9-11)16(3,18)14-8-7-12(2)15(17)10-14/h4-10H,18H2,1-3H3. The van der Waals surface area contributed by atoms with Crippen molar-refractivity contribution in [1.82, 2.24) is 0 Å². The van der Waals surface area contributed by atoms with Crippen LogP contribution >= 0.6 is 0 Å². The summed E-state index contributed by atoms with van der Waals surface area (Å²) >= 11 is 0. The molecule has 0 aliphatic heterocycles. The maximum atomic E-state index is 13.6. The maximum absolute atomic E-state index is 13.6. The number of nitrogens with two attached hydrogens (primary N) is 1. The molecule has 0 radical (unpaired) electrons. The van der Waals surface area contributed by atoms with Crippen molar-refractivity contribution in [3.63, 3.8) is 0 Å². The fourth-order valence-electron chi connectivity index (χ4n) is 2.05. The van der Waals surface area contributed by atoms with Crippen molar-refractivity contribution < 1.29 is 4.39 Å². The van der Waals surface area contributed by atoms with Crippen LogP contribution in [0.1, 0.15) is 29.2 Å². The first kappa shape index (κ1) is 12.8. The van der Waals surface area contributed by atoms with E-state index in [9.17, 15) is 4.39 Å². The van der Waals surface area contributed by atoms with Gasteiger partial charge in [-0.3, -0.25) is 0 Å². The highest BCUT2D eigenvalue weighted by molar-refractivity contribution is 5.39. The van der Waals surface area contributed by atoms with E-state index in [0.717, 1.165) is 16.7 Å². The van der Waals surface area contributed by atoms with Crippen molar-refractivity contribution in [2.24, 2.45) is 5.73 Å². The van der Waals surface area contributed by atoms with Gasteiger partial charge in [-0.1, -0.05) is 42.0 Å². The Morgan fingerprint density at radius 3 is 2.28 bits per heavy atom. The third-order valence-corrected chi connectivity index (χ3v) is 3.39. The second-order valence-electron chi connectivity index (χ2n) is 5.04. The maximum Gasteiger partial charge on any atom is 0.126 e. The smallest absolute Gasteiger partial charge is 0.126 e. The van der Waals surface area contributed by atoms with Gasteiger partial charge in [0.15, 0.2) is 0 Å². The van der Waals surface area contributed by atoms with Crippen LogP contribution in [0.4, 0.5) is 4.39 Å². The van der Waals surface area contributed by atoms with Gasteiger partial charge in [-0.2, -0.15) is 0 Å². The molecule has 0 heterocycles. The van der Waals surface area contributed by atoms with E-state index in [-0.39, 0.29) is 5.82 Å². The zero-order valence-electron chi connectivity index (χ0n) is 11.0. The topological polar surface area (TPSA) is 26.0 Å². The average molecular weight is 243 g/mol. The molecule has 94 valence electrons. The lowest BCUT2D eigenvalue weighted by atomic mass is 9.84. The van der Waals surface area contributed by atoms with Gasteiger partial charge < -0.3 is 5.73 Å². The monoisotopic (exact) mass is 243 g/mol. The first-order chi connectivity index (χ1) is 8.41. The Morgan fingerprint density at radius 1 is 1.00 bits per heavy atom. The van der Waals surface area contributed by atoms with Crippen molar-refractivity contribution in [2.75, 3.05) is 0 Å². The van der Waals surface area contributed by atoms with Crippen molar-refractivity contribution >= 4 is 0 Å².